The first-order valence-corrected chi connectivity index (χ1v) is 12.9. The quantitative estimate of drug-likeness (QED) is 0.311. The first-order chi connectivity index (χ1) is 18.2. The van der Waals surface area contributed by atoms with Crippen LogP contribution in [0.2, 0.25) is 0 Å². The number of nitrogens with zero attached hydrogens (tertiary/aromatic N) is 4. The van der Waals surface area contributed by atoms with Gasteiger partial charge in [-0.15, -0.1) is 0 Å². The summed E-state index contributed by atoms with van der Waals surface area (Å²) in [4.78, 5) is 20.6. The second-order valence-corrected chi connectivity index (χ2v) is 10.3. The van der Waals surface area contributed by atoms with Gasteiger partial charge in [0.1, 0.15) is 0 Å². The molecule has 2 aromatic heterocycles. The SMILES string of the molecule is Cc1ccc(C(=O)O)cc1-n1c(C)cc([C@H]2[C@H](c3ccccn3)NC(=S)N2c2ccc(N(C)C)cc2)c1C. The number of benzene rings is 2. The molecule has 0 radical (unpaired) electrons. The summed E-state index contributed by atoms with van der Waals surface area (Å²) in [6.07, 6.45) is 1.80. The van der Waals surface area contributed by atoms with E-state index in [9.17, 15) is 9.90 Å². The van der Waals surface area contributed by atoms with Crippen molar-refractivity contribution >= 4 is 34.7 Å². The van der Waals surface area contributed by atoms with E-state index in [1.165, 1.54) is 0 Å². The van der Waals surface area contributed by atoms with E-state index in [0.29, 0.717) is 5.11 Å². The smallest absolute Gasteiger partial charge is 0.335 e. The van der Waals surface area contributed by atoms with E-state index in [2.05, 4.69) is 68.8 Å². The minimum absolute atomic E-state index is 0.162. The highest BCUT2D eigenvalue weighted by molar-refractivity contribution is 7.80. The first kappa shape index (κ1) is 25.5. The zero-order valence-corrected chi connectivity index (χ0v) is 23.0. The zero-order chi connectivity index (χ0) is 27.1. The maximum absolute atomic E-state index is 11.7. The number of thiocarbonyl (C=S) groups is 1. The number of carbonyl (C=O) groups is 1. The molecule has 0 amide bonds. The van der Waals surface area contributed by atoms with Crippen molar-refractivity contribution in [1.29, 1.82) is 0 Å². The van der Waals surface area contributed by atoms with Crippen LogP contribution in [0.4, 0.5) is 11.4 Å². The van der Waals surface area contributed by atoms with Gasteiger partial charge in [0.15, 0.2) is 5.11 Å². The van der Waals surface area contributed by atoms with Crippen LogP contribution in [0.5, 0.6) is 0 Å². The van der Waals surface area contributed by atoms with Crippen LogP contribution in [0, 0.1) is 20.8 Å². The fourth-order valence-electron chi connectivity index (χ4n) is 5.30. The molecular weight excluding hydrogens is 494 g/mol. The largest absolute Gasteiger partial charge is 0.478 e. The summed E-state index contributed by atoms with van der Waals surface area (Å²) < 4.78 is 2.14. The number of hydrogen-bond donors (Lipinski definition) is 2. The molecular formula is C30H31N5O2S. The minimum atomic E-state index is -0.943. The molecule has 38 heavy (non-hydrogen) atoms. The molecule has 0 saturated carbocycles. The van der Waals surface area contributed by atoms with E-state index >= 15 is 0 Å². The Hall–Kier alpha value is -4.17. The van der Waals surface area contributed by atoms with E-state index in [4.69, 9.17) is 12.2 Å². The highest BCUT2D eigenvalue weighted by Crippen LogP contribution is 2.44. The number of carboxylic acid groups (broad SMARTS) is 1. The van der Waals surface area contributed by atoms with Crippen LogP contribution in [0.1, 0.15) is 50.7 Å². The molecule has 2 aromatic carbocycles. The van der Waals surface area contributed by atoms with Gasteiger partial charge in [0.2, 0.25) is 0 Å². The number of anilines is 2. The van der Waals surface area contributed by atoms with E-state index in [1.54, 1.807) is 18.3 Å². The lowest BCUT2D eigenvalue weighted by atomic mass is 9.96. The number of nitrogens with one attached hydrogen (secondary N) is 1. The maximum atomic E-state index is 11.7. The molecule has 2 N–H and O–H groups in total. The van der Waals surface area contributed by atoms with Crippen LogP contribution >= 0.6 is 12.2 Å². The van der Waals surface area contributed by atoms with Gasteiger partial charge in [-0.05, 0) is 98.7 Å². The van der Waals surface area contributed by atoms with Crippen molar-refractivity contribution < 1.29 is 9.90 Å². The maximum Gasteiger partial charge on any atom is 0.335 e. The molecule has 1 fully saturated rings. The topological polar surface area (TPSA) is 73.6 Å². The highest BCUT2D eigenvalue weighted by atomic mass is 32.1. The highest BCUT2D eigenvalue weighted by Gasteiger charge is 2.42. The van der Waals surface area contributed by atoms with Crippen LogP contribution in [0.15, 0.2) is 72.9 Å². The lowest BCUT2D eigenvalue weighted by molar-refractivity contribution is 0.0697. The average Bonchev–Trinajstić information content (AvgIpc) is 3.39. The third-order valence-corrected chi connectivity index (χ3v) is 7.54. The number of aromatic carboxylic acids is 1. The summed E-state index contributed by atoms with van der Waals surface area (Å²) in [6, 6.07) is 21.4. The van der Waals surface area contributed by atoms with E-state index in [1.807, 2.05) is 45.3 Å². The van der Waals surface area contributed by atoms with Crippen molar-refractivity contribution in [1.82, 2.24) is 14.9 Å². The number of pyridine rings is 1. The molecule has 1 saturated heterocycles. The summed E-state index contributed by atoms with van der Waals surface area (Å²) in [6.45, 7) is 6.14. The summed E-state index contributed by atoms with van der Waals surface area (Å²) in [5.74, 6) is -0.943. The van der Waals surface area contributed by atoms with Gasteiger partial charge in [-0.25, -0.2) is 4.79 Å². The van der Waals surface area contributed by atoms with Gasteiger partial charge in [0, 0.05) is 48.7 Å². The Bertz CT molecular complexity index is 1510. The summed E-state index contributed by atoms with van der Waals surface area (Å²) in [5, 5.41) is 13.8. The second kappa shape index (κ2) is 9.95. The predicted octanol–water partition coefficient (Wildman–Crippen LogP) is 5.74. The number of aryl methyl sites for hydroxylation is 2. The van der Waals surface area contributed by atoms with Crippen molar-refractivity contribution in [2.24, 2.45) is 0 Å². The van der Waals surface area contributed by atoms with Gasteiger partial charge >= 0.3 is 5.97 Å². The van der Waals surface area contributed by atoms with Gasteiger partial charge < -0.3 is 24.8 Å². The molecule has 0 bridgehead atoms. The van der Waals surface area contributed by atoms with Crippen molar-refractivity contribution in [3.8, 4) is 5.69 Å². The number of aromatic nitrogens is 2. The Kier molecular flexibility index (Phi) is 6.67. The van der Waals surface area contributed by atoms with Crippen LogP contribution < -0.4 is 15.1 Å². The number of carboxylic acids is 1. The molecule has 1 aliphatic heterocycles. The van der Waals surface area contributed by atoms with Gasteiger partial charge in [-0.3, -0.25) is 4.98 Å². The normalized spacial score (nSPS) is 17.0. The average molecular weight is 526 g/mol. The van der Waals surface area contributed by atoms with Crippen LogP contribution in [0.25, 0.3) is 5.69 Å². The summed E-state index contributed by atoms with van der Waals surface area (Å²) in [5.41, 5.74) is 8.27. The van der Waals surface area contributed by atoms with Gasteiger partial charge in [-0.1, -0.05) is 12.1 Å². The fourth-order valence-corrected chi connectivity index (χ4v) is 5.65. The van der Waals surface area contributed by atoms with Crippen molar-refractivity contribution in [3.63, 3.8) is 0 Å². The fraction of sp³-hybridized carbons (Fsp3) is 0.233. The minimum Gasteiger partial charge on any atom is -0.478 e. The standard InChI is InChI=1S/C30H31N5O2S/c1-18-9-10-21(29(36)37)17-26(18)34-19(2)16-24(20(34)3)28-27(25-8-6-7-15-31-25)32-30(38)35(28)23-13-11-22(12-14-23)33(4)5/h6-17,27-28H,1-5H3,(H,32,38)(H,36,37)/t27-,28-/m0/s1. The van der Waals surface area contributed by atoms with E-state index in [0.717, 1.165) is 45.3 Å². The Morgan fingerprint density at radius 2 is 1.76 bits per heavy atom. The third kappa shape index (κ3) is 4.41. The Morgan fingerprint density at radius 3 is 2.39 bits per heavy atom. The summed E-state index contributed by atoms with van der Waals surface area (Å²) >= 11 is 5.91. The molecule has 1 aliphatic rings. The zero-order valence-electron chi connectivity index (χ0n) is 22.1. The second-order valence-electron chi connectivity index (χ2n) is 9.88. The Labute approximate surface area is 228 Å². The van der Waals surface area contributed by atoms with Crippen LogP contribution in [0.3, 0.4) is 0 Å². The molecule has 0 unspecified atom stereocenters. The van der Waals surface area contributed by atoms with Crippen molar-refractivity contribution in [2.75, 3.05) is 23.9 Å². The van der Waals surface area contributed by atoms with Crippen LogP contribution in [-0.2, 0) is 0 Å². The van der Waals surface area contributed by atoms with Crippen LogP contribution in [-0.4, -0.2) is 39.8 Å². The molecule has 2 atom stereocenters. The lowest BCUT2D eigenvalue weighted by Gasteiger charge is -2.28. The van der Waals surface area contributed by atoms with E-state index in [-0.39, 0.29) is 17.6 Å². The molecule has 0 aliphatic carbocycles. The van der Waals surface area contributed by atoms with E-state index < -0.39 is 5.97 Å². The lowest BCUT2D eigenvalue weighted by Crippen LogP contribution is -2.29. The van der Waals surface area contributed by atoms with Gasteiger partial charge in [0.05, 0.1) is 23.3 Å². The molecule has 4 aromatic rings. The number of hydrogen-bond acceptors (Lipinski definition) is 4. The molecule has 7 nitrogen and oxygen atoms in total. The van der Waals surface area contributed by atoms with Gasteiger partial charge in [-0.2, -0.15) is 0 Å². The predicted molar refractivity (Wildman–Crippen MR) is 156 cm³/mol. The molecule has 0 spiro atoms. The van der Waals surface area contributed by atoms with Crippen molar-refractivity contribution in [2.45, 2.75) is 32.9 Å². The monoisotopic (exact) mass is 525 g/mol. The first-order valence-electron chi connectivity index (χ1n) is 12.5. The number of rotatable bonds is 6. The molecule has 8 heteroatoms. The Morgan fingerprint density at radius 1 is 1.03 bits per heavy atom. The third-order valence-electron chi connectivity index (χ3n) is 7.23. The molecule has 194 valence electrons. The van der Waals surface area contributed by atoms with Gasteiger partial charge in [0.25, 0.3) is 0 Å². The summed E-state index contributed by atoms with van der Waals surface area (Å²) in [7, 11) is 4.04. The molecule has 3 heterocycles. The van der Waals surface area contributed by atoms with Crippen molar-refractivity contribution in [3.05, 3.63) is 107 Å². The Balaban J connectivity index is 1.68. The molecule has 5 rings (SSSR count).